The molecule has 1 aromatic carbocycles. The maximum absolute atomic E-state index is 12.7. The molecular formula is C24H22F3N7O3. The zero-order valence-electron chi connectivity index (χ0n) is 19.6. The largest absolute Gasteiger partial charge is 0.573 e. The van der Waals surface area contributed by atoms with Gasteiger partial charge < -0.3 is 29.6 Å². The number of alkyl halides is 3. The topological polar surface area (TPSA) is 109 Å². The number of pyridine rings is 1. The number of methoxy groups -OCH3 is 1. The fraction of sp³-hybridized carbons (Fsp3) is 0.250. The molecule has 0 bridgehead atoms. The van der Waals surface area contributed by atoms with Crippen LogP contribution in [0.15, 0.2) is 55.0 Å². The number of anilines is 2. The van der Waals surface area contributed by atoms with Crippen molar-refractivity contribution in [3.8, 4) is 22.9 Å². The number of carbonyl (C=O) groups is 1. The van der Waals surface area contributed by atoms with Gasteiger partial charge in [-0.3, -0.25) is 0 Å². The Kier molecular flexibility index (Phi) is 6.42. The van der Waals surface area contributed by atoms with Crippen LogP contribution in [-0.4, -0.2) is 70.5 Å². The average molecular weight is 513 g/mol. The monoisotopic (exact) mass is 513 g/mol. The summed E-state index contributed by atoms with van der Waals surface area (Å²) in [6, 6.07) is 10.3. The maximum Gasteiger partial charge on any atom is 0.573 e. The summed E-state index contributed by atoms with van der Waals surface area (Å²) in [6.07, 6.45) is -1.61. The molecule has 4 aromatic rings. The molecule has 13 heteroatoms. The number of ether oxygens (including phenoxy) is 2. The fourth-order valence-corrected chi connectivity index (χ4v) is 4.09. The van der Waals surface area contributed by atoms with E-state index in [9.17, 15) is 18.0 Å². The van der Waals surface area contributed by atoms with E-state index >= 15 is 0 Å². The normalized spacial score (nSPS) is 14.1. The molecule has 0 atom stereocenters. The maximum atomic E-state index is 12.7. The van der Waals surface area contributed by atoms with Crippen LogP contribution in [-0.2, 0) is 0 Å². The molecule has 1 saturated heterocycles. The van der Waals surface area contributed by atoms with E-state index in [2.05, 4.69) is 34.9 Å². The molecule has 0 aliphatic carbocycles. The zero-order valence-corrected chi connectivity index (χ0v) is 19.6. The number of rotatable bonds is 5. The average Bonchev–Trinajstić information content (AvgIpc) is 3.34. The second-order valence-electron chi connectivity index (χ2n) is 8.21. The van der Waals surface area contributed by atoms with Gasteiger partial charge in [0.1, 0.15) is 23.5 Å². The minimum absolute atomic E-state index is 0.340. The molecule has 4 heterocycles. The standard InChI is InChI=1S/C24H22F3N7O3/c1-36-20-12-15(6-7-28-20)19-13-18-21(32-19)29-14-30-22(18)33-8-10-34(11-9-33)23(35)31-16-2-4-17(5-3-16)37-24(25,26)27/h2-7,12-14H,8-11H2,1H3,(H,31,35)(H,29,30,32). The number of aromatic amines is 1. The molecule has 1 fully saturated rings. The van der Waals surface area contributed by atoms with E-state index in [4.69, 9.17) is 4.74 Å². The molecule has 1 aliphatic heterocycles. The van der Waals surface area contributed by atoms with Gasteiger partial charge in [0.05, 0.1) is 12.5 Å². The van der Waals surface area contributed by atoms with Gasteiger partial charge in [-0.2, -0.15) is 0 Å². The van der Waals surface area contributed by atoms with Gasteiger partial charge in [0.15, 0.2) is 0 Å². The van der Waals surface area contributed by atoms with Crippen molar-refractivity contribution < 1.29 is 27.4 Å². The van der Waals surface area contributed by atoms with Crippen molar-refractivity contribution in [1.82, 2.24) is 24.8 Å². The number of fused-ring (bicyclic) bond motifs is 1. The van der Waals surface area contributed by atoms with Crippen LogP contribution in [0.2, 0.25) is 0 Å². The minimum Gasteiger partial charge on any atom is -0.481 e. The predicted molar refractivity (Wildman–Crippen MR) is 130 cm³/mol. The van der Waals surface area contributed by atoms with Crippen molar-refractivity contribution >= 4 is 28.6 Å². The number of nitrogens with one attached hydrogen (secondary N) is 2. The quantitative estimate of drug-likeness (QED) is 0.410. The van der Waals surface area contributed by atoms with E-state index in [1.807, 2.05) is 18.2 Å². The lowest BCUT2D eigenvalue weighted by Gasteiger charge is -2.35. The highest BCUT2D eigenvalue weighted by Crippen LogP contribution is 2.30. The Hall–Kier alpha value is -4.55. The Morgan fingerprint density at radius 3 is 2.49 bits per heavy atom. The van der Waals surface area contributed by atoms with E-state index in [1.165, 1.54) is 18.5 Å². The number of urea groups is 1. The number of H-pyrrole nitrogens is 1. The summed E-state index contributed by atoms with van der Waals surface area (Å²) in [4.78, 5) is 32.7. The number of halogens is 3. The summed E-state index contributed by atoms with van der Waals surface area (Å²) in [5.74, 6) is 0.905. The molecule has 0 spiro atoms. The Bertz CT molecular complexity index is 1400. The van der Waals surface area contributed by atoms with E-state index in [1.54, 1.807) is 18.2 Å². The second-order valence-corrected chi connectivity index (χ2v) is 8.21. The highest BCUT2D eigenvalue weighted by Gasteiger charge is 2.31. The van der Waals surface area contributed by atoms with Crippen molar-refractivity contribution in [1.29, 1.82) is 0 Å². The summed E-state index contributed by atoms with van der Waals surface area (Å²) in [5, 5.41) is 3.56. The lowest BCUT2D eigenvalue weighted by atomic mass is 10.2. The van der Waals surface area contributed by atoms with Gasteiger partial charge in [-0.15, -0.1) is 13.2 Å². The first kappa shape index (κ1) is 24.2. The molecule has 2 N–H and O–H groups in total. The smallest absolute Gasteiger partial charge is 0.481 e. The number of aromatic nitrogens is 4. The van der Waals surface area contributed by atoms with Crippen LogP contribution in [0.4, 0.5) is 29.5 Å². The summed E-state index contributed by atoms with van der Waals surface area (Å²) in [6.45, 7) is 1.96. The van der Waals surface area contributed by atoms with Crippen molar-refractivity contribution in [2.45, 2.75) is 6.36 Å². The number of benzene rings is 1. The Morgan fingerprint density at radius 1 is 1.03 bits per heavy atom. The number of amides is 2. The second kappa shape index (κ2) is 9.84. The van der Waals surface area contributed by atoms with Crippen LogP contribution in [0.1, 0.15) is 0 Å². The molecule has 1 aliphatic rings. The van der Waals surface area contributed by atoms with Crippen LogP contribution < -0.4 is 19.7 Å². The predicted octanol–water partition coefficient (Wildman–Crippen LogP) is 4.28. The van der Waals surface area contributed by atoms with Crippen molar-refractivity contribution in [3.05, 3.63) is 55.0 Å². The van der Waals surface area contributed by atoms with Crippen molar-refractivity contribution in [3.63, 3.8) is 0 Å². The molecule has 2 amide bonds. The first-order chi connectivity index (χ1) is 17.8. The van der Waals surface area contributed by atoms with Crippen LogP contribution in [0.5, 0.6) is 11.6 Å². The molecule has 0 saturated carbocycles. The molecule has 3 aromatic heterocycles. The summed E-state index contributed by atoms with van der Waals surface area (Å²) in [5.41, 5.74) is 2.80. The van der Waals surface area contributed by atoms with Gasteiger partial charge in [0, 0.05) is 55.4 Å². The Balaban J connectivity index is 1.24. The van der Waals surface area contributed by atoms with Gasteiger partial charge in [0.2, 0.25) is 5.88 Å². The number of piperazine rings is 1. The van der Waals surface area contributed by atoms with Crippen LogP contribution in [0.3, 0.4) is 0 Å². The molecule has 0 unspecified atom stereocenters. The van der Waals surface area contributed by atoms with Crippen LogP contribution >= 0.6 is 0 Å². The lowest BCUT2D eigenvalue weighted by molar-refractivity contribution is -0.274. The molecule has 5 rings (SSSR count). The fourth-order valence-electron chi connectivity index (χ4n) is 4.09. The molecule has 192 valence electrons. The van der Waals surface area contributed by atoms with E-state index in [0.29, 0.717) is 43.4 Å². The minimum atomic E-state index is -4.77. The summed E-state index contributed by atoms with van der Waals surface area (Å²) >= 11 is 0. The summed E-state index contributed by atoms with van der Waals surface area (Å²) in [7, 11) is 1.56. The third-order valence-electron chi connectivity index (χ3n) is 5.87. The Morgan fingerprint density at radius 2 is 1.78 bits per heavy atom. The van der Waals surface area contributed by atoms with Crippen molar-refractivity contribution in [2.24, 2.45) is 0 Å². The third kappa shape index (κ3) is 5.50. The number of hydrogen-bond donors (Lipinski definition) is 2. The molecule has 0 radical (unpaired) electrons. The summed E-state index contributed by atoms with van der Waals surface area (Å²) < 4.78 is 46.0. The third-order valence-corrected chi connectivity index (χ3v) is 5.87. The highest BCUT2D eigenvalue weighted by atomic mass is 19.4. The number of nitrogens with zero attached hydrogens (tertiary/aromatic N) is 5. The van der Waals surface area contributed by atoms with E-state index in [0.717, 1.165) is 34.6 Å². The SMILES string of the molecule is COc1cc(-c2cc3c(N4CCN(C(=O)Nc5ccc(OC(F)(F)F)cc5)CC4)ncnc3[nH]2)ccn1. The lowest BCUT2D eigenvalue weighted by Crippen LogP contribution is -2.50. The van der Waals surface area contributed by atoms with Gasteiger partial charge in [-0.1, -0.05) is 0 Å². The number of carbonyl (C=O) groups excluding carboxylic acids is 1. The molecular weight excluding hydrogens is 491 g/mol. The van der Waals surface area contributed by atoms with Gasteiger partial charge >= 0.3 is 12.4 Å². The highest BCUT2D eigenvalue weighted by molar-refractivity contribution is 5.92. The van der Waals surface area contributed by atoms with Gasteiger partial charge in [-0.25, -0.2) is 19.7 Å². The van der Waals surface area contributed by atoms with Gasteiger partial charge in [0.25, 0.3) is 0 Å². The Labute approximate surface area is 209 Å². The zero-order chi connectivity index (χ0) is 26.0. The van der Waals surface area contributed by atoms with Crippen molar-refractivity contribution in [2.75, 3.05) is 43.5 Å². The molecule has 37 heavy (non-hydrogen) atoms. The van der Waals surface area contributed by atoms with Crippen LogP contribution in [0.25, 0.3) is 22.3 Å². The van der Waals surface area contributed by atoms with E-state index in [-0.39, 0.29) is 11.8 Å². The number of hydrogen-bond acceptors (Lipinski definition) is 7. The first-order valence-corrected chi connectivity index (χ1v) is 11.3. The van der Waals surface area contributed by atoms with E-state index < -0.39 is 6.36 Å². The van der Waals surface area contributed by atoms with Gasteiger partial charge in [-0.05, 0) is 36.4 Å². The molecule has 10 nitrogen and oxygen atoms in total. The van der Waals surface area contributed by atoms with Crippen LogP contribution in [0, 0.1) is 0 Å². The first-order valence-electron chi connectivity index (χ1n) is 11.3.